The maximum absolute atomic E-state index is 16.8. The van der Waals surface area contributed by atoms with E-state index < -0.39 is 45.4 Å². The normalized spacial score (nSPS) is 17.8. The van der Waals surface area contributed by atoms with Gasteiger partial charge in [-0.3, -0.25) is 13.9 Å². The van der Waals surface area contributed by atoms with E-state index in [9.17, 15) is 31.2 Å². The molecule has 44 heavy (non-hydrogen) atoms. The number of benzene rings is 3. The molecule has 2 heterocycles. The zero-order valence-electron chi connectivity index (χ0n) is 24.5. The third kappa shape index (κ3) is 5.33. The van der Waals surface area contributed by atoms with Gasteiger partial charge >= 0.3 is 0 Å². The number of hydrogen-bond donors (Lipinski definition) is 1. The minimum atomic E-state index is -4.33. The Hall–Kier alpha value is -3.93. The van der Waals surface area contributed by atoms with Crippen molar-refractivity contribution in [1.82, 2.24) is 10.2 Å². The van der Waals surface area contributed by atoms with Crippen LogP contribution in [-0.2, 0) is 26.8 Å². The van der Waals surface area contributed by atoms with Gasteiger partial charge in [-0.1, -0.05) is 38.1 Å². The SMILES string of the molecule is CC(=O)N1CCC2(CC1)c1c(ccc(C(=O)NCc3ccccc3C(F)F)c1F)N(S(=O)(=O)c1ccc(F)cc1)C2C(C)C. The first-order valence-corrected chi connectivity index (χ1v) is 15.8. The molecule has 0 aromatic heterocycles. The smallest absolute Gasteiger partial charge is 0.264 e. The molecule has 2 aliphatic heterocycles. The van der Waals surface area contributed by atoms with Crippen molar-refractivity contribution in [2.24, 2.45) is 5.92 Å². The van der Waals surface area contributed by atoms with Crippen molar-refractivity contribution in [1.29, 1.82) is 0 Å². The molecule has 1 spiro atoms. The van der Waals surface area contributed by atoms with Crippen LogP contribution in [0.3, 0.4) is 0 Å². The van der Waals surface area contributed by atoms with Crippen LogP contribution in [0.2, 0.25) is 0 Å². The second-order valence-electron chi connectivity index (χ2n) is 11.6. The first-order chi connectivity index (χ1) is 20.8. The molecule has 0 bridgehead atoms. The predicted molar refractivity (Wildman–Crippen MR) is 157 cm³/mol. The Bertz CT molecular complexity index is 1690. The summed E-state index contributed by atoms with van der Waals surface area (Å²) in [6.07, 6.45) is -2.29. The Morgan fingerprint density at radius 2 is 1.61 bits per heavy atom. The molecule has 1 atom stereocenters. The van der Waals surface area contributed by atoms with Crippen LogP contribution in [0.25, 0.3) is 0 Å². The number of halogens is 4. The van der Waals surface area contributed by atoms with Crippen LogP contribution in [0, 0.1) is 17.6 Å². The molecule has 2 aliphatic rings. The summed E-state index contributed by atoms with van der Waals surface area (Å²) in [5.74, 6) is -2.85. The highest BCUT2D eigenvalue weighted by molar-refractivity contribution is 7.92. The molecule has 1 unspecified atom stereocenters. The summed E-state index contributed by atoms with van der Waals surface area (Å²) < 4.78 is 87.0. The zero-order chi connectivity index (χ0) is 32.0. The molecule has 0 radical (unpaired) electrons. The minimum absolute atomic E-state index is 0.0609. The molecule has 2 amide bonds. The van der Waals surface area contributed by atoms with Crippen LogP contribution in [0.5, 0.6) is 0 Å². The number of sulfonamides is 1. The quantitative estimate of drug-likeness (QED) is 0.327. The second-order valence-corrected chi connectivity index (χ2v) is 13.4. The zero-order valence-corrected chi connectivity index (χ0v) is 25.3. The average molecular weight is 632 g/mol. The Balaban J connectivity index is 1.62. The maximum Gasteiger partial charge on any atom is 0.264 e. The fraction of sp³-hybridized carbons (Fsp3) is 0.375. The summed E-state index contributed by atoms with van der Waals surface area (Å²) in [7, 11) is -4.33. The third-order valence-electron chi connectivity index (χ3n) is 8.75. The van der Waals surface area contributed by atoms with Gasteiger partial charge in [-0.05, 0) is 60.7 Å². The first-order valence-electron chi connectivity index (χ1n) is 14.3. The van der Waals surface area contributed by atoms with Crippen molar-refractivity contribution < 1.29 is 35.6 Å². The molecule has 1 saturated heterocycles. The van der Waals surface area contributed by atoms with Crippen LogP contribution < -0.4 is 9.62 Å². The number of hydrogen-bond acceptors (Lipinski definition) is 4. The van der Waals surface area contributed by atoms with E-state index >= 15 is 4.39 Å². The number of nitrogens with zero attached hydrogens (tertiary/aromatic N) is 2. The number of carbonyl (C=O) groups is 2. The van der Waals surface area contributed by atoms with Crippen LogP contribution in [0.4, 0.5) is 23.2 Å². The number of alkyl halides is 2. The van der Waals surface area contributed by atoms with E-state index in [1.54, 1.807) is 11.0 Å². The number of likely N-dealkylation sites (tertiary alicyclic amines) is 1. The van der Waals surface area contributed by atoms with E-state index in [1.165, 1.54) is 41.6 Å². The average Bonchev–Trinajstić information content (AvgIpc) is 3.27. The number of nitrogens with one attached hydrogen (secondary N) is 1. The predicted octanol–water partition coefficient (Wildman–Crippen LogP) is 5.95. The molecule has 5 rings (SSSR count). The monoisotopic (exact) mass is 631 g/mol. The van der Waals surface area contributed by atoms with Crippen LogP contribution in [-0.4, -0.2) is 44.3 Å². The van der Waals surface area contributed by atoms with Gasteiger partial charge in [0, 0.05) is 43.1 Å². The molecule has 0 saturated carbocycles. The molecule has 12 heteroatoms. The lowest BCUT2D eigenvalue weighted by Gasteiger charge is -2.46. The Kier molecular flexibility index (Phi) is 8.50. The number of amides is 2. The van der Waals surface area contributed by atoms with Gasteiger partial charge < -0.3 is 10.2 Å². The summed E-state index contributed by atoms with van der Waals surface area (Å²) in [6.45, 7) is 5.32. The van der Waals surface area contributed by atoms with Crippen molar-refractivity contribution >= 4 is 27.5 Å². The third-order valence-corrected chi connectivity index (χ3v) is 10.6. The lowest BCUT2D eigenvalue weighted by molar-refractivity contribution is -0.130. The lowest BCUT2D eigenvalue weighted by Crippen LogP contribution is -2.55. The molecule has 1 fully saturated rings. The molecule has 0 aliphatic carbocycles. The highest BCUT2D eigenvalue weighted by Gasteiger charge is 2.58. The second kappa shape index (κ2) is 11.9. The summed E-state index contributed by atoms with van der Waals surface area (Å²) in [5, 5.41) is 2.53. The van der Waals surface area contributed by atoms with Gasteiger partial charge in [0.05, 0.1) is 22.2 Å². The van der Waals surface area contributed by atoms with Gasteiger partial charge in [0.2, 0.25) is 5.91 Å². The van der Waals surface area contributed by atoms with Crippen molar-refractivity contribution in [3.05, 3.63) is 94.6 Å². The molecule has 7 nitrogen and oxygen atoms in total. The lowest BCUT2D eigenvalue weighted by atomic mass is 9.66. The van der Waals surface area contributed by atoms with Crippen molar-refractivity contribution in [2.75, 3.05) is 17.4 Å². The summed E-state index contributed by atoms with van der Waals surface area (Å²) in [6, 6.07) is 11.9. The molecule has 1 N–H and O–H groups in total. The topological polar surface area (TPSA) is 86.8 Å². The van der Waals surface area contributed by atoms with E-state index in [0.29, 0.717) is 0 Å². The van der Waals surface area contributed by atoms with Crippen LogP contribution in [0.1, 0.15) is 67.1 Å². The molecule has 3 aromatic rings. The standard InChI is InChI=1S/C32H33F4N3O4S/c1-19(2)29-32(14-16-38(17-15-32)20(3)40)27-26(39(29)44(42,43)23-10-8-22(33)9-11-23)13-12-25(28(27)34)31(41)37-18-21-6-4-5-7-24(21)30(35)36/h4-13,19,29-30H,14-18H2,1-3H3,(H,37,41). The minimum Gasteiger partial charge on any atom is -0.348 e. The molecule has 234 valence electrons. The van der Waals surface area contributed by atoms with Gasteiger partial charge in [-0.2, -0.15) is 0 Å². The van der Waals surface area contributed by atoms with E-state index in [0.717, 1.165) is 24.3 Å². The fourth-order valence-electron chi connectivity index (χ4n) is 6.77. The molecular formula is C32H33F4N3O4S. The number of rotatable bonds is 7. The Labute approximate surface area is 253 Å². The van der Waals surface area contributed by atoms with Crippen LogP contribution >= 0.6 is 0 Å². The van der Waals surface area contributed by atoms with Crippen molar-refractivity contribution in [3.63, 3.8) is 0 Å². The highest BCUT2D eigenvalue weighted by atomic mass is 32.2. The largest absolute Gasteiger partial charge is 0.348 e. The van der Waals surface area contributed by atoms with E-state index in [2.05, 4.69) is 5.32 Å². The van der Waals surface area contributed by atoms with Gasteiger partial charge in [0.25, 0.3) is 22.4 Å². The summed E-state index contributed by atoms with van der Waals surface area (Å²) in [5.41, 5.74) is -1.38. The van der Waals surface area contributed by atoms with Crippen molar-refractivity contribution in [3.8, 4) is 0 Å². The summed E-state index contributed by atoms with van der Waals surface area (Å²) in [4.78, 5) is 26.9. The van der Waals surface area contributed by atoms with E-state index in [1.807, 2.05) is 13.8 Å². The maximum atomic E-state index is 16.8. The number of piperidine rings is 1. The van der Waals surface area contributed by atoms with E-state index in [4.69, 9.17) is 0 Å². The van der Waals surface area contributed by atoms with Crippen LogP contribution in [0.15, 0.2) is 65.6 Å². The Morgan fingerprint density at radius 3 is 2.20 bits per heavy atom. The summed E-state index contributed by atoms with van der Waals surface area (Å²) >= 11 is 0. The molecular weight excluding hydrogens is 598 g/mol. The van der Waals surface area contributed by atoms with Gasteiger partial charge in [-0.25, -0.2) is 26.0 Å². The van der Waals surface area contributed by atoms with Crippen molar-refractivity contribution in [2.45, 2.75) is 62.9 Å². The highest BCUT2D eigenvalue weighted by Crippen LogP contribution is 2.56. The van der Waals surface area contributed by atoms with E-state index in [-0.39, 0.29) is 77.1 Å². The number of fused-ring (bicyclic) bond motifs is 2. The number of carbonyl (C=O) groups excluding carboxylic acids is 2. The fourth-order valence-corrected chi connectivity index (χ4v) is 8.64. The van der Waals surface area contributed by atoms with Gasteiger partial charge in [0.15, 0.2) is 0 Å². The van der Waals surface area contributed by atoms with Gasteiger partial charge in [-0.15, -0.1) is 0 Å². The first kappa shape index (κ1) is 31.5. The molecule has 3 aromatic carbocycles. The number of anilines is 1. The Morgan fingerprint density at radius 1 is 0.977 bits per heavy atom. The van der Waals surface area contributed by atoms with Gasteiger partial charge in [0.1, 0.15) is 11.6 Å².